The van der Waals surface area contributed by atoms with E-state index in [1.165, 1.54) is 5.56 Å². The monoisotopic (exact) mass is 342 g/mol. The molecule has 3 heterocycles. The average Bonchev–Trinajstić information content (AvgIpc) is 3.04. The van der Waals surface area contributed by atoms with Gasteiger partial charge in [-0.2, -0.15) is 0 Å². The highest BCUT2D eigenvalue weighted by atomic mass is 16.3. The molecule has 2 aliphatic rings. The normalized spacial score (nSPS) is 24.1. The van der Waals surface area contributed by atoms with Gasteiger partial charge in [-0.25, -0.2) is 0 Å². The second kappa shape index (κ2) is 6.46. The highest BCUT2D eigenvalue weighted by Crippen LogP contribution is 2.40. The summed E-state index contributed by atoms with van der Waals surface area (Å²) < 4.78 is 5.41. The van der Waals surface area contributed by atoms with Crippen molar-refractivity contribution in [3.63, 3.8) is 0 Å². The smallest absolute Gasteiger partial charge is 0.219 e. The van der Waals surface area contributed by atoms with Crippen molar-refractivity contribution in [3.8, 4) is 0 Å². The summed E-state index contributed by atoms with van der Waals surface area (Å²) in [6, 6.07) is 8.38. The van der Waals surface area contributed by atoms with Crippen LogP contribution in [0.4, 0.5) is 0 Å². The zero-order valence-electron chi connectivity index (χ0n) is 14.8. The number of rotatable bonds is 2. The lowest BCUT2D eigenvalue weighted by Gasteiger charge is -2.49. The maximum atomic E-state index is 11.8. The third kappa shape index (κ3) is 3.44. The van der Waals surface area contributed by atoms with Crippen LogP contribution in [0.15, 0.2) is 34.9 Å². The van der Waals surface area contributed by atoms with Gasteiger partial charge in [-0.05, 0) is 61.5 Å². The highest BCUT2D eigenvalue weighted by Gasteiger charge is 2.42. The summed E-state index contributed by atoms with van der Waals surface area (Å²) in [4.78, 5) is 16.1. The van der Waals surface area contributed by atoms with E-state index in [2.05, 4.69) is 17.0 Å². The Balaban J connectivity index is 1.39. The maximum absolute atomic E-state index is 11.8. The number of likely N-dealkylation sites (tertiary alicyclic amines) is 2. The van der Waals surface area contributed by atoms with Gasteiger partial charge in [-0.3, -0.25) is 9.69 Å². The van der Waals surface area contributed by atoms with Gasteiger partial charge in [-0.15, -0.1) is 0 Å². The lowest BCUT2D eigenvalue weighted by molar-refractivity contribution is -0.138. The van der Waals surface area contributed by atoms with E-state index in [1.54, 1.807) is 13.2 Å². The van der Waals surface area contributed by atoms with Crippen molar-refractivity contribution >= 4 is 16.9 Å². The molecule has 2 fully saturated rings. The molecule has 5 nitrogen and oxygen atoms in total. The van der Waals surface area contributed by atoms with Crippen LogP contribution in [0.1, 0.15) is 31.7 Å². The molecule has 0 saturated carbocycles. The van der Waals surface area contributed by atoms with Gasteiger partial charge in [0.1, 0.15) is 5.58 Å². The minimum atomic E-state index is -0.382. The van der Waals surface area contributed by atoms with Crippen molar-refractivity contribution in [2.75, 3.05) is 26.2 Å². The van der Waals surface area contributed by atoms with Crippen molar-refractivity contribution in [3.05, 3.63) is 36.1 Å². The van der Waals surface area contributed by atoms with Crippen LogP contribution < -0.4 is 0 Å². The first-order chi connectivity index (χ1) is 12.0. The second-order valence-electron chi connectivity index (χ2n) is 7.83. The molecule has 1 atom stereocenters. The lowest BCUT2D eigenvalue weighted by Crippen LogP contribution is -2.54. The molecule has 0 radical (unpaired) electrons. The topological polar surface area (TPSA) is 56.9 Å². The van der Waals surface area contributed by atoms with E-state index < -0.39 is 0 Å². The molecule has 0 aliphatic carbocycles. The number of furan rings is 1. The standard InChI is InChI=1S/C20H26N2O3/c1-15(23)22-13-18(24)11-20(14-22)5-7-21(8-6-20)12-16-2-3-19-17(10-16)4-9-25-19/h2-4,9-10,18,24H,5-8,11-14H2,1H3. The van der Waals surface area contributed by atoms with E-state index in [0.717, 1.165) is 56.4 Å². The van der Waals surface area contributed by atoms with E-state index in [-0.39, 0.29) is 17.4 Å². The third-order valence-electron chi connectivity index (χ3n) is 5.91. The third-order valence-corrected chi connectivity index (χ3v) is 5.91. The van der Waals surface area contributed by atoms with Gasteiger partial charge in [0.15, 0.2) is 0 Å². The fraction of sp³-hybridized carbons (Fsp3) is 0.550. The molecule has 2 aliphatic heterocycles. The summed E-state index contributed by atoms with van der Waals surface area (Å²) in [5, 5.41) is 11.4. The van der Waals surface area contributed by atoms with Gasteiger partial charge in [0, 0.05) is 31.9 Å². The minimum Gasteiger partial charge on any atom is -0.464 e. The van der Waals surface area contributed by atoms with Gasteiger partial charge in [0.25, 0.3) is 0 Å². The Labute approximate surface area is 148 Å². The summed E-state index contributed by atoms with van der Waals surface area (Å²) in [7, 11) is 0. The molecule has 1 spiro atoms. The molecule has 2 aromatic rings. The fourth-order valence-corrected chi connectivity index (χ4v) is 4.51. The molecule has 4 rings (SSSR count). The highest BCUT2D eigenvalue weighted by molar-refractivity contribution is 5.77. The number of nitrogens with zero attached hydrogens (tertiary/aromatic N) is 2. The predicted molar refractivity (Wildman–Crippen MR) is 96.0 cm³/mol. The molecular formula is C20H26N2O3. The van der Waals surface area contributed by atoms with Crippen molar-refractivity contribution in [1.82, 2.24) is 9.80 Å². The van der Waals surface area contributed by atoms with Crippen molar-refractivity contribution in [2.45, 2.75) is 38.8 Å². The number of piperidine rings is 2. The molecule has 1 unspecified atom stereocenters. The summed E-state index contributed by atoms with van der Waals surface area (Å²) in [5.41, 5.74) is 2.33. The van der Waals surface area contributed by atoms with Crippen molar-refractivity contribution in [1.29, 1.82) is 0 Å². The fourth-order valence-electron chi connectivity index (χ4n) is 4.51. The van der Waals surface area contributed by atoms with Crippen LogP contribution >= 0.6 is 0 Å². The van der Waals surface area contributed by atoms with Crippen LogP contribution in [0.2, 0.25) is 0 Å². The number of aliphatic hydroxyl groups is 1. The summed E-state index contributed by atoms with van der Waals surface area (Å²) in [5.74, 6) is 0.0777. The Hall–Kier alpha value is -1.85. The summed E-state index contributed by atoms with van der Waals surface area (Å²) in [6.45, 7) is 5.87. The molecule has 134 valence electrons. The zero-order valence-corrected chi connectivity index (χ0v) is 14.8. The van der Waals surface area contributed by atoms with E-state index in [1.807, 2.05) is 17.0 Å². The Morgan fingerprint density at radius 1 is 1.32 bits per heavy atom. The SMILES string of the molecule is CC(=O)N1CC(O)CC2(CCN(Cc3ccc4occc4c3)CC2)C1. The van der Waals surface area contributed by atoms with Crippen LogP contribution in [0.3, 0.4) is 0 Å². The maximum Gasteiger partial charge on any atom is 0.219 e. The first-order valence-corrected chi connectivity index (χ1v) is 9.15. The van der Waals surface area contributed by atoms with Crippen LogP contribution in [-0.4, -0.2) is 53.1 Å². The van der Waals surface area contributed by atoms with Crippen molar-refractivity contribution < 1.29 is 14.3 Å². The quantitative estimate of drug-likeness (QED) is 0.911. The lowest BCUT2D eigenvalue weighted by atomic mass is 9.71. The first kappa shape index (κ1) is 16.6. The average molecular weight is 342 g/mol. The van der Waals surface area contributed by atoms with E-state index in [4.69, 9.17) is 4.42 Å². The van der Waals surface area contributed by atoms with Crippen molar-refractivity contribution in [2.24, 2.45) is 5.41 Å². The number of benzene rings is 1. The number of hydrogen-bond donors (Lipinski definition) is 1. The first-order valence-electron chi connectivity index (χ1n) is 9.15. The van der Waals surface area contributed by atoms with Gasteiger partial charge >= 0.3 is 0 Å². The van der Waals surface area contributed by atoms with E-state index in [0.29, 0.717) is 6.54 Å². The molecule has 1 N–H and O–H groups in total. The van der Waals surface area contributed by atoms with Crippen LogP contribution in [-0.2, 0) is 11.3 Å². The molecule has 1 amide bonds. The summed E-state index contributed by atoms with van der Waals surface area (Å²) in [6.07, 6.45) is 4.26. The Bertz CT molecular complexity index is 761. The number of amides is 1. The second-order valence-corrected chi connectivity index (χ2v) is 7.83. The largest absolute Gasteiger partial charge is 0.464 e. The van der Waals surface area contributed by atoms with Crippen LogP contribution in [0, 0.1) is 5.41 Å². The van der Waals surface area contributed by atoms with Gasteiger partial charge in [-0.1, -0.05) is 6.07 Å². The summed E-state index contributed by atoms with van der Waals surface area (Å²) >= 11 is 0. The molecule has 1 aromatic carbocycles. The molecular weight excluding hydrogens is 316 g/mol. The van der Waals surface area contributed by atoms with Gasteiger partial charge in [0.2, 0.25) is 5.91 Å². The number of carbonyl (C=O) groups is 1. The Morgan fingerprint density at radius 2 is 2.12 bits per heavy atom. The van der Waals surface area contributed by atoms with Crippen LogP contribution in [0.5, 0.6) is 0 Å². The number of fused-ring (bicyclic) bond motifs is 1. The molecule has 1 aromatic heterocycles. The number of carbonyl (C=O) groups excluding carboxylic acids is 1. The molecule has 0 bridgehead atoms. The molecule has 25 heavy (non-hydrogen) atoms. The van der Waals surface area contributed by atoms with E-state index >= 15 is 0 Å². The predicted octanol–water partition coefficient (Wildman–Crippen LogP) is 2.63. The zero-order chi connectivity index (χ0) is 17.4. The Kier molecular flexibility index (Phi) is 4.29. The number of aliphatic hydroxyl groups excluding tert-OH is 1. The van der Waals surface area contributed by atoms with E-state index in [9.17, 15) is 9.90 Å². The number of β-amino-alcohol motifs (C(OH)–C–C–N with tert-alkyl or cyclic N) is 1. The molecule has 5 heteroatoms. The van der Waals surface area contributed by atoms with Gasteiger partial charge < -0.3 is 14.4 Å². The minimum absolute atomic E-state index is 0.0777. The van der Waals surface area contributed by atoms with Crippen LogP contribution in [0.25, 0.3) is 11.0 Å². The molecule has 2 saturated heterocycles. The van der Waals surface area contributed by atoms with Gasteiger partial charge in [0.05, 0.1) is 12.4 Å². The Morgan fingerprint density at radius 3 is 2.88 bits per heavy atom. The number of hydrogen-bond acceptors (Lipinski definition) is 4.